The number of hydrogen-bond acceptors (Lipinski definition) is 3. The number of hydrogen-bond donors (Lipinski definition) is 2. The molecule has 102 valence electrons. The number of aromatic amines is 1. The monoisotopic (exact) mass is 283 g/mol. The van der Waals surface area contributed by atoms with Crippen LogP contribution in [0.1, 0.15) is 6.42 Å². The van der Waals surface area contributed by atoms with Gasteiger partial charge in [-0.05, 0) is 12.2 Å². The number of fused-ring (bicyclic) bond motifs is 1. The van der Waals surface area contributed by atoms with Crippen LogP contribution in [0.15, 0.2) is 12.1 Å². The van der Waals surface area contributed by atoms with Gasteiger partial charge in [0.1, 0.15) is 0 Å². The molecule has 1 aromatic carbocycles. The van der Waals surface area contributed by atoms with E-state index in [1.54, 1.807) is 17.7 Å². The fourth-order valence-corrected chi connectivity index (χ4v) is 2.17. The van der Waals surface area contributed by atoms with Crippen molar-refractivity contribution in [3.63, 3.8) is 0 Å². The molecule has 19 heavy (non-hydrogen) atoms. The maximum absolute atomic E-state index is 13.6. The topological polar surface area (TPSA) is 59.0 Å². The molecule has 0 unspecified atom stereocenters. The first-order valence-electron chi connectivity index (χ1n) is 5.73. The molecule has 2 rings (SSSR count). The van der Waals surface area contributed by atoms with Crippen molar-refractivity contribution in [1.82, 2.24) is 14.9 Å². The van der Waals surface area contributed by atoms with Gasteiger partial charge in [0.25, 0.3) is 0 Å². The first-order chi connectivity index (χ1) is 9.06. The highest BCUT2D eigenvalue weighted by molar-refractivity contribution is 7.71. The van der Waals surface area contributed by atoms with Crippen LogP contribution in [-0.2, 0) is 11.3 Å². The minimum atomic E-state index is -0.454. The molecule has 2 N–H and O–H groups in total. The van der Waals surface area contributed by atoms with Gasteiger partial charge in [-0.15, -0.1) is 0 Å². The molecule has 0 atom stereocenters. The van der Waals surface area contributed by atoms with Crippen LogP contribution in [0.4, 0.5) is 4.39 Å². The summed E-state index contributed by atoms with van der Waals surface area (Å²) in [7, 11) is 2.98. The number of methoxy groups -OCH3 is 1. The summed E-state index contributed by atoms with van der Waals surface area (Å²) in [6, 6.07) is 2.90. The first kappa shape index (κ1) is 13.5. The minimum Gasteiger partial charge on any atom is -0.494 e. The molecule has 0 saturated heterocycles. The van der Waals surface area contributed by atoms with Crippen molar-refractivity contribution in [2.24, 2.45) is 0 Å². The highest BCUT2D eigenvalue weighted by Gasteiger charge is 2.11. The molecule has 0 radical (unpaired) electrons. The molecule has 7 heteroatoms. The first-order valence-corrected chi connectivity index (χ1v) is 6.14. The van der Waals surface area contributed by atoms with Crippen LogP contribution in [0.2, 0.25) is 0 Å². The molecule has 5 nitrogen and oxygen atoms in total. The molecule has 2 aromatic rings. The fraction of sp³-hybridized carbons (Fsp3) is 0.333. The number of amides is 1. The lowest BCUT2D eigenvalue weighted by atomic mass is 10.2. The average molecular weight is 283 g/mol. The number of halogens is 1. The van der Waals surface area contributed by atoms with Crippen LogP contribution in [0.3, 0.4) is 0 Å². The molecule has 0 bridgehead atoms. The van der Waals surface area contributed by atoms with Crippen LogP contribution in [0, 0.1) is 10.6 Å². The third kappa shape index (κ3) is 2.60. The Morgan fingerprint density at radius 3 is 2.95 bits per heavy atom. The number of aryl methyl sites for hydroxylation is 1. The number of benzene rings is 1. The van der Waals surface area contributed by atoms with E-state index in [4.69, 9.17) is 17.0 Å². The predicted molar refractivity (Wildman–Crippen MR) is 72.3 cm³/mol. The number of aromatic nitrogens is 2. The van der Waals surface area contributed by atoms with Gasteiger partial charge in [0.2, 0.25) is 5.91 Å². The Bertz CT molecular complexity index is 677. The molecule has 1 aromatic heterocycles. The molecule has 1 heterocycles. The Hall–Kier alpha value is -1.89. The van der Waals surface area contributed by atoms with Gasteiger partial charge in [-0.25, -0.2) is 4.39 Å². The second kappa shape index (κ2) is 5.40. The highest BCUT2D eigenvalue weighted by atomic mass is 32.1. The SMILES string of the molecule is CNC(=O)CCn1c(=S)[nH]c2cc(F)c(OC)cc21. The van der Waals surface area contributed by atoms with Crippen molar-refractivity contribution < 1.29 is 13.9 Å². The Balaban J connectivity index is 2.45. The standard InChI is InChI=1S/C12H14FN3O2S/c1-14-11(17)3-4-16-9-6-10(18-2)7(13)5-8(9)15-12(16)19/h5-6H,3-4H2,1-2H3,(H,14,17)(H,15,19). The van der Waals surface area contributed by atoms with Crippen molar-refractivity contribution in [3.8, 4) is 5.75 Å². The second-order valence-electron chi connectivity index (χ2n) is 4.01. The average Bonchev–Trinajstić information content (AvgIpc) is 2.69. The van der Waals surface area contributed by atoms with Gasteiger partial charge in [-0.1, -0.05) is 0 Å². The van der Waals surface area contributed by atoms with Crippen LogP contribution < -0.4 is 10.1 Å². The summed E-state index contributed by atoms with van der Waals surface area (Å²) in [5, 5.41) is 2.55. The maximum Gasteiger partial charge on any atom is 0.221 e. The second-order valence-corrected chi connectivity index (χ2v) is 4.40. The molecular weight excluding hydrogens is 269 g/mol. The van der Waals surface area contributed by atoms with Crippen molar-refractivity contribution in [3.05, 3.63) is 22.7 Å². The number of nitrogens with zero attached hydrogens (tertiary/aromatic N) is 1. The van der Waals surface area contributed by atoms with E-state index in [0.717, 1.165) is 0 Å². The Morgan fingerprint density at radius 2 is 2.32 bits per heavy atom. The Morgan fingerprint density at radius 1 is 1.58 bits per heavy atom. The van der Waals surface area contributed by atoms with Gasteiger partial charge in [0, 0.05) is 32.1 Å². The minimum absolute atomic E-state index is 0.0784. The van der Waals surface area contributed by atoms with E-state index >= 15 is 0 Å². The zero-order valence-corrected chi connectivity index (χ0v) is 11.4. The molecule has 0 fully saturated rings. The third-order valence-electron chi connectivity index (χ3n) is 2.89. The number of nitrogens with one attached hydrogen (secondary N) is 2. The number of carbonyl (C=O) groups excluding carboxylic acids is 1. The summed E-state index contributed by atoms with van der Waals surface area (Å²) in [4.78, 5) is 14.2. The van der Waals surface area contributed by atoms with E-state index in [1.807, 2.05) is 0 Å². The predicted octanol–water partition coefficient (Wildman–Crippen LogP) is 1.98. The molecular formula is C12H14FN3O2S. The molecule has 0 saturated carbocycles. The quantitative estimate of drug-likeness (QED) is 0.844. The van der Waals surface area contributed by atoms with Crippen LogP contribution in [0.5, 0.6) is 5.75 Å². The Kier molecular flexibility index (Phi) is 3.84. The van der Waals surface area contributed by atoms with E-state index in [1.165, 1.54) is 13.2 Å². The number of carbonyl (C=O) groups is 1. The van der Waals surface area contributed by atoms with Crippen molar-refractivity contribution >= 4 is 29.2 Å². The molecule has 0 aliphatic rings. The van der Waals surface area contributed by atoms with Crippen molar-refractivity contribution in [2.45, 2.75) is 13.0 Å². The molecule has 0 aliphatic carbocycles. The van der Waals surface area contributed by atoms with Crippen LogP contribution >= 0.6 is 12.2 Å². The fourth-order valence-electron chi connectivity index (χ4n) is 1.87. The summed E-state index contributed by atoms with van der Waals surface area (Å²) >= 11 is 5.18. The maximum atomic E-state index is 13.6. The highest BCUT2D eigenvalue weighted by Crippen LogP contribution is 2.24. The summed E-state index contributed by atoms with van der Waals surface area (Å²) in [5.74, 6) is -0.384. The summed E-state index contributed by atoms with van der Waals surface area (Å²) < 4.78 is 20.7. The van der Waals surface area contributed by atoms with E-state index in [-0.39, 0.29) is 11.7 Å². The third-order valence-corrected chi connectivity index (χ3v) is 3.21. The summed E-state index contributed by atoms with van der Waals surface area (Å²) in [6.45, 7) is 0.424. The van der Waals surface area contributed by atoms with Gasteiger partial charge in [-0.2, -0.15) is 0 Å². The number of rotatable bonds is 4. The zero-order chi connectivity index (χ0) is 14.0. The number of H-pyrrole nitrogens is 1. The van der Waals surface area contributed by atoms with Gasteiger partial charge in [0.05, 0.1) is 18.1 Å². The number of imidazole rings is 1. The zero-order valence-electron chi connectivity index (χ0n) is 10.6. The van der Waals surface area contributed by atoms with E-state index in [0.29, 0.717) is 28.8 Å². The summed E-state index contributed by atoms with van der Waals surface area (Å²) in [6.07, 6.45) is 0.303. The van der Waals surface area contributed by atoms with Gasteiger partial charge in [0.15, 0.2) is 16.3 Å². The van der Waals surface area contributed by atoms with Crippen LogP contribution in [-0.4, -0.2) is 29.6 Å². The van der Waals surface area contributed by atoms with Crippen LogP contribution in [0.25, 0.3) is 11.0 Å². The van der Waals surface area contributed by atoms with E-state index in [9.17, 15) is 9.18 Å². The van der Waals surface area contributed by atoms with Crippen molar-refractivity contribution in [2.75, 3.05) is 14.2 Å². The van der Waals surface area contributed by atoms with E-state index in [2.05, 4.69) is 10.3 Å². The lowest BCUT2D eigenvalue weighted by molar-refractivity contribution is -0.120. The Labute approximate surface area is 114 Å². The lowest BCUT2D eigenvalue weighted by Gasteiger charge is -2.06. The molecule has 1 amide bonds. The number of ether oxygens (including phenoxy) is 1. The largest absolute Gasteiger partial charge is 0.494 e. The lowest BCUT2D eigenvalue weighted by Crippen LogP contribution is -2.19. The van der Waals surface area contributed by atoms with E-state index < -0.39 is 5.82 Å². The summed E-state index contributed by atoms with van der Waals surface area (Å²) in [5.41, 5.74) is 1.30. The molecule has 0 aliphatic heterocycles. The normalized spacial score (nSPS) is 10.7. The van der Waals surface area contributed by atoms with Gasteiger partial charge < -0.3 is 19.6 Å². The van der Waals surface area contributed by atoms with Gasteiger partial charge >= 0.3 is 0 Å². The smallest absolute Gasteiger partial charge is 0.221 e. The van der Waals surface area contributed by atoms with Gasteiger partial charge in [-0.3, -0.25) is 4.79 Å². The van der Waals surface area contributed by atoms with Crippen molar-refractivity contribution in [1.29, 1.82) is 0 Å². The molecule has 0 spiro atoms.